The number of amides is 1. The summed E-state index contributed by atoms with van der Waals surface area (Å²) in [7, 11) is 0. The Morgan fingerprint density at radius 1 is 1.43 bits per heavy atom. The van der Waals surface area contributed by atoms with Gasteiger partial charge in [0, 0.05) is 19.6 Å². The van der Waals surface area contributed by atoms with Crippen molar-refractivity contribution in [1.82, 2.24) is 10.2 Å². The SMILES string of the molecule is CCNC(=O)C1CCCN(CC(O)c2ccc(C)cc2)C1. The number of rotatable bonds is 5. The molecule has 2 atom stereocenters. The van der Waals surface area contributed by atoms with Gasteiger partial charge in [-0.05, 0) is 38.8 Å². The molecule has 0 aliphatic carbocycles. The second-order valence-electron chi connectivity index (χ2n) is 5.92. The van der Waals surface area contributed by atoms with Crippen LogP contribution in [0.1, 0.15) is 37.0 Å². The molecule has 0 spiro atoms. The highest BCUT2D eigenvalue weighted by atomic mass is 16.3. The lowest BCUT2D eigenvalue weighted by molar-refractivity contribution is -0.126. The molecule has 4 nitrogen and oxygen atoms in total. The number of carbonyl (C=O) groups excluding carboxylic acids is 1. The Kier molecular flexibility index (Phi) is 5.76. The minimum absolute atomic E-state index is 0.0592. The second kappa shape index (κ2) is 7.57. The van der Waals surface area contributed by atoms with Crippen molar-refractivity contribution in [1.29, 1.82) is 0 Å². The van der Waals surface area contributed by atoms with Gasteiger partial charge in [0.1, 0.15) is 0 Å². The number of β-amino-alcohol motifs (C(OH)–C–C–N with tert-alkyl or cyclic N) is 1. The van der Waals surface area contributed by atoms with Gasteiger partial charge >= 0.3 is 0 Å². The van der Waals surface area contributed by atoms with Crippen molar-refractivity contribution in [3.8, 4) is 0 Å². The van der Waals surface area contributed by atoms with Crippen LogP contribution in [0.2, 0.25) is 0 Å². The van der Waals surface area contributed by atoms with E-state index in [1.165, 1.54) is 5.56 Å². The lowest BCUT2D eigenvalue weighted by Crippen LogP contribution is -2.44. The highest BCUT2D eigenvalue weighted by molar-refractivity contribution is 5.78. The number of nitrogens with zero attached hydrogens (tertiary/aromatic N) is 1. The number of aliphatic hydroxyl groups is 1. The largest absolute Gasteiger partial charge is 0.387 e. The predicted molar refractivity (Wildman–Crippen MR) is 84.0 cm³/mol. The van der Waals surface area contributed by atoms with Crippen molar-refractivity contribution in [2.45, 2.75) is 32.8 Å². The topological polar surface area (TPSA) is 52.6 Å². The smallest absolute Gasteiger partial charge is 0.224 e. The summed E-state index contributed by atoms with van der Waals surface area (Å²) in [4.78, 5) is 14.1. The van der Waals surface area contributed by atoms with E-state index in [4.69, 9.17) is 0 Å². The Morgan fingerprint density at radius 3 is 2.81 bits per heavy atom. The maximum absolute atomic E-state index is 11.9. The fraction of sp³-hybridized carbons (Fsp3) is 0.588. The van der Waals surface area contributed by atoms with Gasteiger partial charge in [0.25, 0.3) is 0 Å². The second-order valence-corrected chi connectivity index (χ2v) is 5.92. The number of benzene rings is 1. The predicted octanol–water partition coefficient (Wildman–Crippen LogP) is 1.88. The zero-order chi connectivity index (χ0) is 15.2. The first-order valence-corrected chi connectivity index (χ1v) is 7.85. The van der Waals surface area contributed by atoms with Crippen LogP contribution < -0.4 is 5.32 Å². The van der Waals surface area contributed by atoms with E-state index in [1.807, 2.05) is 38.1 Å². The van der Waals surface area contributed by atoms with Crippen molar-refractivity contribution in [2.24, 2.45) is 5.92 Å². The fourth-order valence-electron chi connectivity index (χ4n) is 2.89. The molecule has 1 aliphatic rings. The molecule has 0 radical (unpaired) electrons. The van der Waals surface area contributed by atoms with Gasteiger partial charge < -0.3 is 10.4 Å². The maximum atomic E-state index is 11.9. The van der Waals surface area contributed by atoms with Gasteiger partial charge in [-0.15, -0.1) is 0 Å². The Labute approximate surface area is 127 Å². The molecule has 1 saturated heterocycles. The van der Waals surface area contributed by atoms with E-state index >= 15 is 0 Å². The summed E-state index contributed by atoms with van der Waals surface area (Å²) < 4.78 is 0. The normalized spacial score (nSPS) is 21.0. The van der Waals surface area contributed by atoms with Crippen LogP contribution in [0.15, 0.2) is 24.3 Å². The molecule has 2 N–H and O–H groups in total. The molecular weight excluding hydrogens is 264 g/mol. The zero-order valence-electron chi connectivity index (χ0n) is 13.0. The number of aliphatic hydroxyl groups excluding tert-OH is 1. The third-order valence-corrected chi connectivity index (χ3v) is 4.12. The third-order valence-electron chi connectivity index (χ3n) is 4.12. The van der Waals surface area contributed by atoms with Gasteiger partial charge in [0.05, 0.1) is 12.0 Å². The summed E-state index contributed by atoms with van der Waals surface area (Å²) in [5, 5.41) is 13.2. The average molecular weight is 290 g/mol. The molecule has 21 heavy (non-hydrogen) atoms. The van der Waals surface area contributed by atoms with Gasteiger partial charge in [-0.2, -0.15) is 0 Å². The van der Waals surface area contributed by atoms with Crippen molar-refractivity contribution in [3.05, 3.63) is 35.4 Å². The summed E-state index contributed by atoms with van der Waals surface area (Å²) in [6.07, 6.45) is 1.48. The minimum Gasteiger partial charge on any atom is -0.387 e. The van der Waals surface area contributed by atoms with Gasteiger partial charge in [0.2, 0.25) is 5.91 Å². The number of hydrogen-bond donors (Lipinski definition) is 2. The number of aryl methyl sites for hydroxylation is 1. The van der Waals surface area contributed by atoms with E-state index in [1.54, 1.807) is 0 Å². The number of likely N-dealkylation sites (tertiary alicyclic amines) is 1. The number of piperidine rings is 1. The zero-order valence-corrected chi connectivity index (χ0v) is 13.0. The van der Waals surface area contributed by atoms with Crippen LogP contribution in [0.4, 0.5) is 0 Å². The van der Waals surface area contributed by atoms with E-state index in [-0.39, 0.29) is 11.8 Å². The maximum Gasteiger partial charge on any atom is 0.224 e. The number of hydrogen-bond acceptors (Lipinski definition) is 3. The average Bonchev–Trinajstić information content (AvgIpc) is 2.48. The van der Waals surface area contributed by atoms with Crippen LogP contribution >= 0.6 is 0 Å². The quantitative estimate of drug-likeness (QED) is 0.870. The molecule has 0 aromatic heterocycles. The van der Waals surface area contributed by atoms with Crippen LogP contribution in [-0.4, -0.2) is 42.1 Å². The van der Waals surface area contributed by atoms with Crippen molar-refractivity contribution in [3.63, 3.8) is 0 Å². The summed E-state index contributed by atoms with van der Waals surface area (Å²) >= 11 is 0. The molecule has 1 amide bonds. The number of carbonyl (C=O) groups is 1. The van der Waals surface area contributed by atoms with Gasteiger partial charge in [-0.25, -0.2) is 0 Å². The Balaban J connectivity index is 1.89. The molecule has 116 valence electrons. The van der Waals surface area contributed by atoms with Crippen LogP contribution in [0.5, 0.6) is 0 Å². The number of nitrogens with one attached hydrogen (secondary N) is 1. The Bertz CT molecular complexity index is 458. The molecule has 0 bridgehead atoms. The molecule has 4 heteroatoms. The van der Waals surface area contributed by atoms with Crippen molar-refractivity contribution >= 4 is 5.91 Å². The Morgan fingerprint density at radius 2 is 2.14 bits per heavy atom. The molecule has 1 heterocycles. The Hall–Kier alpha value is -1.39. The lowest BCUT2D eigenvalue weighted by atomic mass is 9.96. The van der Waals surface area contributed by atoms with E-state index in [9.17, 15) is 9.90 Å². The minimum atomic E-state index is -0.487. The third kappa shape index (κ3) is 4.55. The van der Waals surface area contributed by atoms with Crippen LogP contribution in [0, 0.1) is 12.8 Å². The first kappa shape index (κ1) is 16.0. The molecule has 2 unspecified atom stereocenters. The van der Waals surface area contributed by atoms with Crippen LogP contribution in [0.3, 0.4) is 0 Å². The molecule has 1 aromatic carbocycles. The monoisotopic (exact) mass is 290 g/mol. The molecule has 0 saturated carbocycles. The van der Waals surface area contributed by atoms with Crippen LogP contribution in [-0.2, 0) is 4.79 Å². The standard InChI is InChI=1S/C17H26N2O2/c1-3-18-17(21)15-5-4-10-19(11-15)12-16(20)14-8-6-13(2)7-9-14/h6-9,15-16,20H,3-5,10-12H2,1-2H3,(H,18,21). The van der Waals surface area contributed by atoms with E-state index in [0.717, 1.165) is 31.5 Å². The summed E-state index contributed by atoms with van der Waals surface area (Å²) in [6, 6.07) is 7.99. The summed E-state index contributed by atoms with van der Waals surface area (Å²) in [6.45, 7) is 6.96. The van der Waals surface area contributed by atoms with E-state index in [0.29, 0.717) is 13.1 Å². The first-order valence-electron chi connectivity index (χ1n) is 7.85. The van der Waals surface area contributed by atoms with E-state index in [2.05, 4.69) is 10.2 Å². The van der Waals surface area contributed by atoms with Gasteiger partial charge in [0.15, 0.2) is 0 Å². The van der Waals surface area contributed by atoms with Gasteiger partial charge in [-0.3, -0.25) is 9.69 Å². The molecule has 1 fully saturated rings. The molecule has 1 aliphatic heterocycles. The van der Waals surface area contributed by atoms with Crippen molar-refractivity contribution in [2.75, 3.05) is 26.2 Å². The van der Waals surface area contributed by atoms with Crippen LogP contribution in [0.25, 0.3) is 0 Å². The molecule has 2 rings (SSSR count). The molecule has 1 aromatic rings. The van der Waals surface area contributed by atoms with Crippen molar-refractivity contribution < 1.29 is 9.90 Å². The fourth-order valence-corrected chi connectivity index (χ4v) is 2.89. The summed E-state index contributed by atoms with van der Waals surface area (Å²) in [5.74, 6) is 0.205. The van der Waals surface area contributed by atoms with Gasteiger partial charge in [-0.1, -0.05) is 29.8 Å². The summed E-state index contributed by atoms with van der Waals surface area (Å²) in [5.41, 5.74) is 2.14. The highest BCUT2D eigenvalue weighted by Crippen LogP contribution is 2.21. The van der Waals surface area contributed by atoms with E-state index < -0.39 is 6.10 Å². The first-order chi connectivity index (χ1) is 10.1. The molecular formula is C17H26N2O2. The highest BCUT2D eigenvalue weighted by Gasteiger charge is 2.26. The lowest BCUT2D eigenvalue weighted by Gasteiger charge is -2.33.